The van der Waals surface area contributed by atoms with Crippen molar-refractivity contribution in [2.24, 2.45) is 11.8 Å². The van der Waals surface area contributed by atoms with E-state index in [9.17, 15) is 19.9 Å². The van der Waals surface area contributed by atoms with Crippen LogP contribution in [0.25, 0.3) is 0 Å². The van der Waals surface area contributed by atoms with Crippen LogP contribution >= 0.6 is 0 Å². The van der Waals surface area contributed by atoms with Crippen molar-refractivity contribution >= 4 is 5.97 Å². The number of aryl methyl sites for hydroxylation is 1. The molecule has 0 radical (unpaired) electrons. The Balaban J connectivity index is 1.54. The molecule has 1 saturated carbocycles. The number of rotatable bonds is 18. The maximum atomic E-state index is 11.7. The van der Waals surface area contributed by atoms with Crippen molar-refractivity contribution < 1.29 is 34.9 Å². The van der Waals surface area contributed by atoms with Crippen LogP contribution in [0, 0.1) is 16.7 Å². The Kier molecular flexibility index (Phi) is 14.0. The molecular weight excluding hydrogens is 450 g/mol. The van der Waals surface area contributed by atoms with Crippen LogP contribution in [0.2, 0.25) is 0 Å². The van der Waals surface area contributed by atoms with Crippen molar-refractivity contribution in [2.75, 3.05) is 13.2 Å². The Morgan fingerprint density at radius 3 is 2.63 bits per heavy atom. The molecule has 0 aliphatic heterocycles. The molecule has 8 heteroatoms. The van der Waals surface area contributed by atoms with Crippen LogP contribution in [0.5, 0.6) is 0 Å². The third kappa shape index (κ3) is 12.7. The molecule has 0 heterocycles. The molecule has 1 fully saturated rings. The lowest BCUT2D eigenvalue weighted by Crippen LogP contribution is -2.20. The molecule has 0 spiro atoms. The van der Waals surface area contributed by atoms with Gasteiger partial charge in [-0.15, -0.1) is 0 Å². The van der Waals surface area contributed by atoms with Gasteiger partial charge in [0, 0.05) is 6.42 Å². The van der Waals surface area contributed by atoms with Gasteiger partial charge in [-0.25, -0.2) is 5.21 Å². The Hall–Kier alpha value is -2.45. The van der Waals surface area contributed by atoms with Crippen LogP contribution in [0.3, 0.4) is 0 Å². The second kappa shape index (κ2) is 17.1. The monoisotopic (exact) mass is 492 g/mol. The number of hydrogen-bond donors (Lipinski definition) is 3. The molecule has 0 saturated heterocycles. The fourth-order valence-electron chi connectivity index (χ4n) is 4.70. The molecular formula is C27H42NO7+. The Morgan fingerprint density at radius 2 is 1.86 bits per heavy atom. The first kappa shape index (κ1) is 28.8. The van der Waals surface area contributed by atoms with Gasteiger partial charge in [0.05, 0.1) is 18.8 Å². The quantitative estimate of drug-likeness (QED) is 0.118. The zero-order valence-electron chi connectivity index (χ0n) is 20.7. The van der Waals surface area contributed by atoms with Gasteiger partial charge in [-0.05, 0) is 88.0 Å². The minimum atomic E-state index is -0.578. The van der Waals surface area contributed by atoms with Crippen LogP contribution in [-0.4, -0.2) is 51.9 Å². The summed E-state index contributed by atoms with van der Waals surface area (Å²) >= 11 is 0. The van der Waals surface area contributed by atoms with Gasteiger partial charge < -0.3 is 14.9 Å². The normalized spacial score (nSPS) is 20.7. The SMILES string of the molecule is O=C(CCC/C=C\C[C@@H]1[C@@H](CC[C@@H](O)CCc2ccccc2)CC[C@@H]1O)OCCCCO[N+](=O)O. The van der Waals surface area contributed by atoms with Gasteiger partial charge in [-0.3, -0.25) is 4.79 Å². The minimum absolute atomic E-state index is 0.0771. The summed E-state index contributed by atoms with van der Waals surface area (Å²) in [7, 11) is 0. The summed E-state index contributed by atoms with van der Waals surface area (Å²) in [6.07, 6.45) is 12.6. The van der Waals surface area contributed by atoms with Crippen molar-refractivity contribution in [3.05, 3.63) is 53.0 Å². The summed E-state index contributed by atoms with van der Waals surface area (Å²) in [5.74, 6) is 0.431. The number of aliphatic hydroxyl groups excluding tert-OH is 2. The van der Waals surface area contributed by atoms with Crippen LogP contribution in [0.1, 0.15) is 76.2 Å². The fourth-order valence-corrected chi connectivity index (χ4v) is 4.70. The standard InChI is InChI=1S/C27H42NO7/c29-24(17-14-22-10-4-3-5-11-22)18-15-23-16-19-26(30)25(23)12-6-1-2-7-13-27(31)34-20-8-9-21-35-28(32)33/h1,3-6,10-11,23-26,29-30H,2,7-9,12-21H2,(H,32,33)/q+1/b6-1-/t23-,24-,25+,26-/m0/s1. The van der Waals surface area contributed by atoms with Crippen LogP contribution in [-0.2, 0) is 20.8 Å². The number of allylic oxidation sites excluding steroid dienone is 2. The number of aliphatic hydroxyl groups is 2. The van der Waals surface area contributed by atoms with Gasteiger partial charge >= 0.3 is 11.1 Å². The van der Waals surface area contributed by atoms with Gasteiger partial charge in [-0.2, -0.15) is 4.84 Å². The maximum absolute atomic E-state index is 11.7. The molecule has 0 amide bonds. The maximum Gasteiger partial charge on any atom is 0.475 e. The van der Waals surface area contributed by atoms with E-state index < -0.39 is 5.09 Å². The van der Waals surface area contributed by atoms with Crippen LogP contribution in [0.4, 0.5) is 0 Å². The van der Waals surface area contributed by atoms with Crippen molar-refractivity contribution in [3.63, 3.8) is 0 Å². The van der Waals surface area contributed by atoms with Crippen molar-refractivity contribution in [1.29, 1.82) is 0 Å². The van der Waals surface area contributed by atoms with E-state index in [-0.39, 0.29) is 37.3 Å². The zero-order chi connectivity index (χ0) is 25.3. The average Bonchev–Trinajstić information content (AvgIpc) is 3.20. The molecule has 1 aromatic carbocycles. The molecule has 1 aliphatic rings. The molecule has 0 bridgehead atoms. The molecule has 0 unspecified atom stereocenters. The summed E-state index contributed by atoms with van der Waals surface area (Å²) in [6.45, 7) is 0.345. The molecule has 1 aliphatic carbocycles. The lowest BCUT2D eigenvalue weighted by molar-refractivity contribution is -0.975. The van der Waals surface area contributed by atoms with Crippen molar-refractivity contribution in [1.82, 2.24) is 0 Å². The number of carbonyl (C=O) groups excluding carboxylic acids is 1. The summed E-state index contributed by atoms with van der Waals surface area (Å²) in [4.78, 5) is 26.2. The molecule has 8 nitrogen and oxygen atoms in total. The number of unbranched alkanes of at least 4 members (excludes halogenated alkanes) is 2. The van der Waals surface area contributed by atoms with E-state index in [1.165, 1.54) is 5.56 Å². The molecule has 196 valence electrons. The highest BCUT2D eigenvalue weighted by atomic mass is 16.9. The number of nitrogens with zero attached hydrogens (tertiary/aromatic N) is 1. The second-order valence-electron chi connectivity index (χ2n) is 9.42. The fraction of sp³-hybridized carbons (Fsp3) is 0.667. The lowest BCUT2D eigenvalue weighted by Gasteiger charge is -2.22. The van der Waals surface area contributed by atoms with Gasteiger partial charge in [0.2, 0.25) is 0 Å². The Bertz CT molecular complexity index is 755. The van der Waals surface area contributed by atoms with Gasteiger partial charge in [0.1, 0.15) is 4.91 Å². The third-order valence-corrected chi connectivity index (χ3v) is 6.74. The smallest absolute Gasteiger partial charge is 0.466 e. The Morgan fingerprint density at radius 1 is 1.09 bits per heavy atom. The van der Waals surface area contributed by atoms with E-state index in [4.69, 9.17) is 9.94 Å². The lowest BCUT2D eigenvalue weighted by atomic mass is 9.86. The minimum Gasteiger partial charge on any atom is -0.466 e. The average molecular weight is 493 g/mol. The number of ether oxygens (including phenoxy) is 1. The predicted octanol–water partition coefficient (Wildman–Crippen LogP) is 4.69. The van der Waals surface area contributed by atoms with E-state index in [0.717, 1.165) is 51.4 Å². The first-order valence-electron chi connectivity index (χ1n) is 13.0. The van der Waals surface area contributed by atoms with Gasteiger partial charge in [0.15, 0.2) is 6.61 Å². The molecule has 0 aromatic heterocycles. The van der Waals surface area contributed by atoms with E-state index in [0.29, 0.717) is 31.6 Å². The summed E-state index contributed by atoms with van der Waals surface area (Å²) in [5.41, 5.74) is 1.25. The van der Waals surface area contributed by atoms with Crippen LogP contribution < -0.4 is 0 Å². The van der Waals surface area contributed by atoms with Crippen molar-refractivity contribution in [2.45, 2.75) is 89.3 Å². The van der Waals surface area contributed by atoms with Crippen molar-refractivity contribution in [3.8, 4) is 0 Å². The molecule has 2 rings (SSSR count). The zero-order valence-corrected chi connectivity index (χ0v) is 20.7. The predicted molar refractivity (Wildman–Crippen MR) is 131 cm³/mol. The number of carbonyl (C=O) groups is 1. The number of hydrogen-bond acceptors (Lipinski definition) is 6. The second-order valence-corrected chi connectivity index (χ2v) is 9.42. The molecule has 1 aromatic rings. The number of esters is 1. The highest BCUT2D eigenvalue weighted by Crippen LogP contribution is 2.38. The first-order chi connectivity index (χ1) is 17.0. The first-order valence-corrected chi connectivity index (χ1v) is 13.0. The molecule has 3 N–H and O–H groups in total. The highest BCUT2D eigenvalue weighted by molar-refractivity contribution is 5.69. The van der Waals surface area contributed by atoms with Gasteiger partial charge in [0.25, 0.3) is 0 Å². The molecule has 35 heavy (non-hydrogen) atoms. The summed E-state index contributed by atoms with van der Waals surface area (Å²) in [6, 6.07) is 10.2. The van der Waals surface area contributed by atoms with Crippen LogP contribution in [0.15, 0.2) is 42.5 Å². The number of benzene rings is 1. The van der Waals surface area contributed by atoms with Gasteiger partial charge in [-0.1, -0.05) is 42.5 Å². The third-order valence-electron chi connectivity index (χ3n) is 6.74. The highest BCUT2D eigenvalue weighted by Gasteiger charge is 2.33. The molecule has 4 atom stereocenters. The largest absolute Gasteiger partial charge is 0.475 e. The van der Waals surface area contributed by atoms with E-state index in [2.05, 4.69) is 29.1 Å². The Labute approximate surface area is 208 Å². The summed E-state index contributed by atoms with van der Waals surface area (Å²) < 4.78 is 5.13. The summed E-state index contributed by atoms with van der Waals surface area (Å²) in [5, 5.41) is 28.5. The van der Waals surface area contributed by atoms with E-state index in [1.54, 1.807) is 0 Å². The van der Waals surface area contributed by atoms with E-state index >= 15 is 0 Å². The topological polar surface area (TPSA) is 116 Å². The van der Waals surface area contributed by atoms with E-state index in [1.807, 2.05) is 18.2 Å².